The van der Waals surface area contributed by atoms with Gasteiger partial charge < -0.3 is 19.7 Å². The molecule has 0 saturated carbocycles. The molecule has 0 spiro atoms. The Morgan fingerprint density at radius 1 is 0.769 bits per heavy atom. The number of unbranched alkanes of at least 4 members (excludes halogenated alkanes) is 2. The summed E-state index contributed by atoms with van der Waals surface area (Å²) in [6, 6.07) is 18.6. The van der Waals surface area contributed by atoms with Crippen LogP contribution in [0.2, 0.25) is 0 Å². The van der Waals surface area contributed by atoms with Crippen LogP contribution in [-0.4, -0.2) is 55.3 Å². The van der Waals surface area contributed by atoms with Crippen LogP contribution in [0.15, 0.2) is 54.6 Å². The summed E-state index contributed by atoms with van der Waals surface area (Å²) in [6.07, 6.45) is 3.47. The summed E-state index contributed by atoms with van der Waals surface area (Å²) >= 11 is 0. The van der Waals surface area contributed by atoms with Crippen LogP contribution in [0.25, 0.3) is 33.1 Å². The summed E-state index contributed by atoms with van der Waals surface area (Å²) in [7, 11) is 3.31. The average Bonchev–Trinajstić information content (AvgIpc) is 2.92. The fraction of sp³-hybridized carbons (Fsp3) is 0.455. The second-order valence-corrected chi connectivity index (χ2v) is 11.2. The Bertz CT molecular complexity index is 1360. The van der Waals surface area contributed by atoms with Gasteiger partial charge in [-0.15, -0.1) is 0 Å². The molecule has 0 amide bonds. The molecule has 39 heavy (non-hydrogen) atoms. The molecule has 0 fully saturated rings. The molecule has 1 N–H and O–H groups in total. The maximum atomic E-state index is 5.58. The number of benzene rings is 3. The highest BCUT2D eigenvalue weighted by Crippen LogP contribution is 2.35. The highest BCUT2D eigenvalue weighted by molar-refractivity contribution is 5.94. The maximum Gasteiger partial charge on any atom is 0.162 e. The fourth-order valence-corrected chi connectivity index (χ4v) is 5.18. The van der Waals surface area contributed by atoms with Gasteiger partial charge in [-0.3, -0.25) is 0 Å². The predicted octanol–water partition coefficient (Wildman–Crippen LogP) is 7.66. The van der Waals surface area contributed by atoms with Gasteiger partial charge in [-0.05, 0) is 54.1 Å². The molecule has 6 nitrogen and oxygen atoms in total. The van der Waals surface area contributed by atoms with E-state index in [1.54, 1.807) is 14.2 Å². The Kier molecular flexibility index (Phi) is 9.99. The van der Waals surface area contributed by atoms with E-state index in [2.05, 4.69) is 80.4 Å². The van der Waals surface area contributed by atoms with Gasteiger partial charge in [0.15, 0.2) is 17.3 Å². The van der Waals surface area contributed by atoms with Gasteiger partial charge >= 0.3 is 0 Å². The topological polar surface area (TPSA) is 59.5 Å². The summed E-state index contributed by atoms with van der Waals surface area (Å²) in [5.41, 5.74) is 1.81. The number of hydrogen-bond acceptors (Lipinski definition) is 6. The van der Waals surface area contributed by atoms with Gasteiger partial charge in [-0.1, -0.05) is 70.5 Å². The van der Waals surface area contributed by atoms with E-state index in [1.165, 1.54) is 36.7 Å². The van der Waals surface area contributed by atoms with Crippen molar-refractivity contribution in [3.63, 3.8) is 0 Å². The molecule has 4 aromatic rings. The monoisotopic (exact) mass is 528 g/mol. The fourth-order valence-electron chi connectivity index (χ4n) is 5.18. The van der Waals surface area contributed by atoms with Crippen molar-refractivity contribution in [3.05, 3.63) is 54.6 Å². The Morgan fingerprint density at radius 3 is 2.15 bits per heavy atom. The van der Waals surface area contributed by atoms with E-state index in [-0.39, 0.29) is 0 Å². The second-order valence-electron chi connectivity index (χ2n) is 11.2. The molecular formula is C33H44N4O2. The van der Waals surface area contributed by atoms with Crippen molar-refractivity contribution >= 4 is 27.5 Å². The Labute approximate surface area is 233 Å². The zero-order valence-corrected chi connectivity index (χ0v) is 24.5. The van der Waals surface area contributed by atoms with Crippen molar-refractivity contribution in [2.75, 3.05) is 45.7 Å². The minimum Gasteiger partial charge on any atom is -0.493 e. The van der Waals surface area contributed by atoms with Crippen LogP contribution in [-0.2, 0) is 0 Å². The number of hydrogen-bond donors (Lipinski definition) is 1. The lowest BCUT2D eigenvalue weighted by molar-refractivity contribution is 0.215. The van der Waals surface area contributed by atoms with Gasteiger partial charge in [-0.25, -0.2) is 9.97 Å². The number of fused-ring (bicyclic) bond motifs is 2. The molecule has 208 valence electrons. The van der Waals surface area contributed by atoms with Crippen LogP contribution in [0.5, 0.6) is 11.5 Å². The first-order chi connectivity index (χ1) is 18.9. The van der Waals surface area contributed by atoms with Crippen LogP contribution in [0.4, 0.5) is 5.82 Å². The van der Waals surface area contributed by atoms with Gasteiger partial charge in [-0.2, -0.15) is 0 Å². The zero-order chi connectivity index (χ0) is 27.8. The molecule has 0 saturated heterocycles. The van der Waals surface area contributed by atoms with Crippen molar-refractivity contribution in [1.29, 1.82) is 0 Å². The van der Waals surface area contributed by atoms with Crippen molar-refractivity contribution in [2.24, 2.45) is 11.8 Å². The van der Waals surface area contributed by atoms with E-state index in [9.17, 15) is 0 Å². The molecule has 0 radical (unpaired) electrons. The number of nitrogens with zero attached hydrogens (tertiary/aromatic N) is 3. The average molecular weight is 529 g/mol. The molecule has 0 atom stereocenters. The summed E-state index contributed by atoms with van der Waals surface area (Å²) in [5.74, 6) is 4.25. The third kappa shape index (κ3) is 7.60. The molecule has 0 aliphatic heterocycles. The molecule has 0 bridgehead atoms. The highest BCUT2D eigenvalue weighted by Gasteiger charge is 2.15. The summed E-state index contributed by atoms with van der Waals surface area (Å²) < 4.78 is 11.2. The van der Waals surface area contributed by atoms with Gasteiger partial charge in [0.25, 0.3) is 0 Å². The first kappa shape index (κ1) is 28.6. The number of ether oxygens (including phenoxy) is 2. The molecule has 3 aromatic carbocycles. The number of rotatable bonds is 14. The maximum absolute atomic E-state index is 5.58. The number of methoxy groups -OCH3 is 2. The Hall–Kier alpha value is -3.38. The summed E-state index contributed by atoms with van der Waals surface area (Å²) in [5, 5.41) is 6.92. The van der Waals surface area contributed by atoms with Crippen molar-refractivity contribution < 1.29 is 9.47 Å². The minimum atomic E-state index is 0.659. The molecule has 0 aliphatic rings. The van der Waals surface area contributed by atoms with Crippen molar-refractivity contribution in [2.45, 2.75) is 47.0 Å². The van der Waals surface area contributed by atoms with E-state index < -0.39 is 0 Å². The van der Waals surface area contributed by atoms with Crippen molar-refractivity contribution in [3.8, 4) is 22.9 Å². The van der Waals surface area contributed by atoms with Gasteiger partial charge in [0.05, 0.1) is 19.7 Å². The minimum absolute atomic E-state index is 0.659. The van der Waals surface area contributed by atoms with Gasteiger partial charge in [0.2, 0.25) is 0 Å². The normalized spacial score (nSPS) is 11.7. The smallest absolute Gasteiger partial charge is 0.162 e. The molecule has 0 unspecified atom stereocenters. The first-order valence-corrected chi connectivity index (χ1v) is 14.3. The summed E-state index contributed by atoms with van der Waals surface area (Å²) in [4.78, 5) is 12.5. The molecule has 1 aromatic heterocycles. The standard InChI is InChI=1S/C33H44N4O2/c1-23(2)21-37(22-24(3)4)17-11-7-10-16-34-33-28-19-30(38-5)31(39-6)20-29(28)35-32(36-33)27-15-14-25-12-8-9-13-26(25)18-27/h8-9,12-15,18-20,23-24H,7,10-11,16-17,21-22H2,1-6H3,(H,34,35,36). The van der Waals surface area contributed by atoms with Crippen LogP contribution in [0, 0.1) is 11.8 Å². The van der Waals surface area contributed by atoms with E-state index in [4.69, 9.17) is 19.4 Å². The van der Waals surface area contributed by atoms with Crippen LogP contribution in [0.3, 0.4) is 0 Å². The summed E-state index contributed by atoms with van der Waals surface area (Å²) in [6.45, 7) is 13.6. The van der Waals surface area contributed by atoms with Crippen LogP contribution >= 0.6 is 0 Å². The molecule has 1 heterocycles. The molecule has 4 rings (SSSR count). The number of aromatic nitrogens is 2. The van der Waals surface area contributed by atoms with E-state index >= 15 is 0 Å². The van der Waals surface area contributed by atoms with E-state index in [1.807, 2.05) is 12.1 Å². The lowest BCUT2D eigenvalue weighted by Gasteiger charge is -2.26. The molecule has 0 aliphatic carbocycles. The van der Waals surface area contributed by atoms with E-state index in [0.717, 1.165) is 41.8 Å². The number of nitrogens with one attached hydrogen (secondary N) is 1. The Morgan fingerprint density at radius 2 is 1.46 bits per heavy atom. The second kappa shape index (κ2) is 13.6. The van der Waals surface area contributed by atoms with Crippen LogP contribution < -0.4 is 14.8 Å². The largest absolute Gasteiger partial charge is 0.493 e. The van der Waals surface area contributed by atoms with Gasteiger partial charge in [0, 0.05) is 36.7 Å². The van der Waals surface area contributed by atoms with Gasteiger partial charge in [0.1, 0.15) is 5.82 Å². The third-order valence-corrected chi connectivity index (χ3v) is 6.90. The zero-order valence-electron chi connectivity index (χ0n) is 24.5. The van der Waals surface area contributed by atoms with E-state index in [0.29, 0.717) is 29.2 Å². The quantitative estimate of drug-likeness (QED) is 0.170. The van der Waals surface area contributed by atoms with Crippen LogP contribution in [0.1, 0.15) is 47.0 Å². The number of anilines is 1. The molecule has 6 heteroatoms. The Balaban J connectivity index is 1.52. The SMILES string of the molecule is COc1cc2nc(-c3ccc4ccccc4c3)nc(NCCCCCN(CC(C)C)CC(C)C)c2cc1OC. The lowest BCUT2D eigenvalue weighted by Crippen LogP contribution is -2.32. The third-order valence-electron chi connectivity index (χ3n) is 6.90. The first-order valence-electron chi connectivity index (χ1n) is 14.3. The molecular weight excluding hydrogens is 484 g/mol. The highest BCUT2D eigenvalue weighted by atomic mass is 16.5. The van der Waals surface area contributed by atoms with Crippen molar-refractivity contribution in [1.82, 2.24) is 14.9 Å². The predicted molar refractivity (Wildman–Crippen MR) is 164 cm³/mol. The lowest BCUT2D eigenvalue weighted by atomic mass is 10.1.